The van der Waals surface area contributed by atoms with Crippen LogP contribution in [0.3, 0.4) is 0 Å². The predicted octanol–water partition coefficient (Wildman–Crippen LogP) is 2.01. The average Bonchev–Trinajstić information content (AvgIpc) is 3.10. The van der Waals surface area contributed by atoms with Crippen LogP contribution in [0.4, 0.5) is 0 Å². The van der Waals surface area contributed by atoms with Gasteiger partial charge in [-0.05, 0) is 31.9 Å². The number of carbonyl (C=O) groups is 1. The number of hydrogen-bond acceptors (Lipinski definition) is 4. The molecule has 1 spiro atoms. The summed E-state index contributed by atoms with van der Waals surface area (Å²) in [5.74, 6) is 0.839. The van der Waals surface area contributed by atoms with Crippen LogP contribution in [0.25, 0.3) is 0 Å². The van der Waals surface area contributed by atoms with Crippen LogP contribution in [0.15, 0.2) is 22.8 Å². The number of rotatable bonds is 4. The highest BCUT2D eigenvalue weighted by molar-refractivity contribution is 5.78. The van der Waals surface area contributed by atoms with Crippen molar-refractivity contribution in [1.29, 1.82) is 0 Å². The lowest BCUT2D eigenvalue weighted by Gasteiger charge is -2.39. The molecule has 2 atom stereocenters. The fourth-order valence-corrected chi connectivity index (χ4v) is 3.41. The molecule has 2 saturated heterocycles. The summed E-state index contributed by atoms with van der Waals surface area (Å²) in [5.41, 5.74) is -0.198. The molecular weight excluding hydrogens is 270 g/mol. The van der Waals surface area contributed by atoms with E-state index in [-0.39, 0.29) is 17.6 Å². The highest BCUT2D eigenvalue weighted by Gasteiger charge is 2.44. The number of hydrogen-bond donors (Lipinski definition) is 0. The standard InChI is InChI=1S/C16H23NO4/c1-2-19-14-10-16(21-11-14)6-4-7-17(12-16)15(18)9-13-5-3-8-20-13/h3,5,8,14H,2,4,6-7,9-12H2,1H3/t14-,16+/m1/s1. The van der Waals surface area contributed by atoms with E-state index in [1.54, 1.807) is 6.26 Å². The van der Waals surface area contributed by atoms with Gasteiger partial charge in [0.15, 0.2) is 0 Å². The highest BCUT2D eigenvalue weighted by Crippen LogP contribution is 2.35. The zero-order valence-corrected chi connectivity index (χ0v) is 12.5. The second kappa shape index (κ2) is 6.20. The van der Waals surface area contributed by atoms with E-state index in [0.29, 0.717) is 26.2 Å². The van der Waals surface area contributed by atoms with Gasteiger partial charge in [0.2, 0.25) is 5.91 Å². The molecule has 3 heterocycles. The minimum Gasteiger partial charge on any atom is -0.469 e. The van der Waals surface area contributed by atoms with E-state index in [4.69, 9.17) is 13.9 Å². The van der Waals surface area contributed by atoms with Gasteiger partial charge in [-0.25, -0.2) is 0 Å². The topological polar surface area (TPSA) is 51.9 Å². The lowest BCUT2D eigenvalue weighted by atomic mass is 9.89. The molecule has 0 aromatic carbocycles. The molecule has 0 aliphatic carbocycles. The maximum absolute atomic E-state index is 12.4. The van der Waals surface area contributed by atoms with E-state index >= 15 is 0 Å². The van der Waals surface area contributed by atoms with E-state index in [2.05, 4.69) is 0 Å². The first-order valence-electron chi connectivity index (χ1n) is 7.76. The van der Waals surface area contributed by atoms with Gasteiger partial charge in [-0.2, -0.15) is 0 Å². The first-order valence-corrected chi connectivity index (χ1v) is 7.76. The van der Waals surface area contributed by atoms with Crippen LogP contribution in [0.1, 0.15) is 31.9 Å². The van der Waals surface area contributed by atoms with Crippen LogP contribution < -0.4 is 0 Å². The Morgan fingerprint density at radius 3 is 3.24 bits per heavy atom. The van der Waals surface area contributed by atoms with Crippen LogP contribution >= 0.6 is 0 Å². The highest BCUT2D eigenvalue weighted by atomic mass is 16.6. The van der Waals surface area contributed by atoms with Gasteiger partial charge in [-0.3, -0.25) is 4.79 Å². The smallest absolute Gasteiger partial charge is 0.230 e. The van der Waals surface area contributed by atoms with Crippen molar-refractivity contribution in [2.45, 2.75) is 44.3 Å². The summed E-state index contributed by atoms with van der Waals surface area (Å²) in [6.07, 6.45) is 5.01. The molecule has 5 heteroatoms. The van der Waals surface area contributed by atoms with Gasteiger partial charge in [0.25, 0.3) is 0 Å². The molecule has 0 unspecified atom stereocenters. The summed E-state index contributed by atoms with van der Waals surface area (Å²) in [4.78, 5) is 14.3. The summed E-state index contributed by atoms with van der Waals surface area (Å²) in [7, 11) is 0. The quantitative estimate of drug-likeness (QED) is 0.852. The van der Waals surface area contributed by atoms with Crippen molar-refractivity contribution in [2.75, 3.05) is 26.3 Å². The number of likely N-dealkylation sites (tertiary alicyclic amines) is 1. The Bertz CT molecular complexity index is 473. The maximum Gasteiger partial charge on any atom is 0.230 e. The number of amides is 1. The van der Waals surface area contributed by atoms with Crippen molar-refractivity contribution in [3.63, 3.8) is 0 Å². The second-order valence-corrected chi connectivity index (χ2v) is 5.95. The fourth-order valence-electron chi connectivity index (χ4n) is 3.41. The van der Waals surface area contributed by atoms with E-state index in [1.807, 2.05) is 24.0 Å². The number of piperidine rings is 1. The Hall–Kier alpha value is -1.33. The van der Waals surface area contributed by atoms with E-state index in [0.717, 1.165) is 31.6 Å². The van der Waals surface area contributed by atoms with Gasteiger partial charge < -0.3 is 18.8 Å². The first-order chi connectivity index (χ1) is 10.2. The third-order valence-electron chi connectivity index (χ3n) is 4.38. The number of nitrogens with zero attached hydrogens (tertiary/aromatic N) is 1. The minimum absolute atomic E-state index is 0.118. The Labute approximate surface area is 125 Å². The molecule has 0 bridgehead atoms. The minimum atomic E-state index is -0.198. The number of carbonyl (C=O) groups excluding carboxylic acids is 1. The predicted molar refractivity (Wildman–Crippen MR) is 76.9 cm³/mol. The van der Waals surface area contributed by atoms with Gasteiger partial charge in [0.05, 0.1) is 31.0 Å². The summed E-state index contributed by atoms with van der Waals surface area (Å²) in [5, 5.41) is 0. The van der Waals surface area contributed by atoms with Crippen molar-refractivity contribution >= 4 is 5.91 Å². The Morgan fingerprint density at radius 2 is 2.48 bits per heavy atom. The monoisotopic (exact) mass is 293 g/mol. The molecule has 1 aromatic rings. The zero-order chi connectivity index (χ0) is 14.7. The molecule has 116 valence electrons. The lowest BCUT2D eigenvalue weighted by molar-refractivity contribution is -0.138. The molecule has 0 N–H and O–H groups in total. The molecule has 21 heavy (non-hydrogen) atoms. The molecule has 3 rings (SSSR count). The summed E-state index contributed by atoms with van der Waals surface area (Å²) >= 11 is 0. The molecule has 1 amide bonds. The zero-order valence-electron chi connectivity index (χ0n) is 12.5. The molecule has 0 radical (unpaired) electrons. The summed E-state index contributed by atoms with van der Waals surface area (Å²) in [6, 6.07) is 3.65. The van der Waals surface area contributed by atoms with Crippen molar-refractivity contribution in [1.82, 2.24) is 4.90 Å². The van der Waals surface area contributed by atoms with Crippen LogP contribution in [-0.2, 0) is 20.7 Å². The van der Waals surface area contributed by atoms with Crippen molar-refractivity contribution < 1.29 is 18.7 Å². The van der Waals surface area contributed by atoms with Gasteiger partial charge >= 0.3 is 0 Å². The van der Waals surface area contributed by atoms with E-state index in [1.165, 1.54) is 0 Å². The van der Waals surface area contributed by atoms with Gasteiger partial charge in [-0.15, -0.1) is 0 Å². The van der Waals surface area contributed by atoms with E-state index < -0.39 is 0 Å². The molecule has 0 saturated carbocycles. The van der Waals surface area contributed by atoms with Crippen molar-refractivity contribution in [2.24, 2.45) is 0 Å². The van der Waals surface area contributed by atoms with Crippen molar-refractivity contribution in [3.8, 4) is 0 Å². The van der Waals surface area contributed by atoms with Gasteiger partial charge in [0.1, 0.15) is 5.76 Å². The molecule has 2 aliphatic rings. The Balaban J connectivity index is 1.59. The summed E-state index contributed by atoms with van der Waals surface area (Å²) < 4.78 is 16.9. The Morgan fingerprint density at radius 1 is 1.57 bits per heavy atom. The number of ether oxygens (including phenoxy) is 2. The third kappa shape index (κ3) is 3.30. The largest absolute Gasteiger partial charge is 0.469 e. The van der Waals surface area contributed by atoms with Gasteiger partial charge in [0, 0.05) is 26.1 Å². The third-order valence-corrected chi connectivity index (χ3v) is 4.38. The molecule has 2 fully saturated rings. The molecular formula is C16H23NO4. The first kappa shape index (κ1) is 14.6. The second-order valence-electron chi connectivity index (χ2n) is 5.95. The molecule has 2 aliphatic heterocycles. The molecule has 5 nitrogen and oxygen atoms in total. The van der Waals surface area contributed by atoms with Crippen LogP contribution in [0, 0.1) is 0 Å². The van der Waals surface area contributed by atoms with Crippen LogP contribution in [0.5, 0.6) is 0 Å². The normalized spacial score (nSPS) is 29.2. The SMILES string of the molecule is CCO[C@H]1CO[C@@]2(CCCN(C(=O)Cc3ccco3)C2)C1. The Kier molecular flexibility index (Phi) is 4.31. The summed E-state index contributed by atoms with van der Waals surface area (Å²) in [6.45, 7) is 4.85. The lowest BCUT2D eigenvalue weighted by Crippen LogP contribution is -2.50. The van der Waals surface area contributed by atoms with Gasteiger partial charge in [-0.1, -0.05) is 0 Å². The maximum atomic E-state index is 12.4. The van der Waals surface area contributed by atoms with Crippen LogP contribution in [0.2, 0.25) is 0 Å². The van der Waals surface area contributed by atoms with Crippen LogP contribution in [-0.4, -0.2) is 48.8 Å². The van der Waals surface area contributed by atoms with Crippen molar-refractivity contribution in [3.05, 3.63) is 24.2 Å². The number of furan rings is 1. The average molecular weight is 293 g/mol. The van der Waals surface area contributed by atoms with E-state index in [9.17, 15) is 4.79 Å². The fraction of sp³-hybridized carbons (Fsp3) is 0.688. The molecule has 1 aromatic heterocycles.